The van der Waals surface area contributed by atoms with E-state index in [0.29, 0.717) is 6.10 Å². The number of benzene rings is 2. The molecule has 1 aliphatic rings. The quantitative estimate of drug-likeness (QED) is 0.723. The van der Waals surface area contributed by atoms with Crippen LogP contribution < -0.4 is 9.47 Å². The first-order valence-electron chi connectivity index (χ1n) is 8.27. The predicted octanol–water partition coefficient (Wildman–Crippen LogP) is 5.26. The summed E-state index contributed by atoms with van der Waals surface area (Å²) in [5.41, 5.74) is 2.24. The van der Waals surface area contributed by atoms with Crippen molar-refractivity contribution in [1.29, 1.82) is 0 Å². The van der Waals surface area contributed by atoms with E-state index in [2.05, 4.69) is 31.2 Å². The van der Waals surface area contributed by atoms with E-state index in [1.807, 2.05) is 24.3 Å². The summed E-state index contributed by atoms with van der Waals surface area (Å²) >= 11 is 0. The first-order chi connectivity index (χ1) is 10.9. The average Bonchev–Trinajstić information content (AvgIpc) is 3.06. The van der Waals surface area contributed by atoms with Crippen molar-refractivity contribution in [2.24, 2.45) is 0 Å². The van der Waals surface area contributed by atoms with Crippen molar-refractivity contribution in [2.75, 3.05) is 6.61 Å². The Morgan fingerprint density at radius 3 is 2.77 bits per heavy atom. The molecule has 2 heteroatoms. The van der Waals surface area contributed by atoms with Crippen LogP contribution >= 0.6 is 0 Å². The largest absolute Gasteiger partial charge is 0.493 e. The molecule has 1 saturated carbocycles. The van der Waals surface area contributed by atoms with Gasteiger partial charge in [0.1, 0.15) is 11.5 Å². The second-order valence-electron chi connectivity index (χ2n) is 5.81. The minimum Gasteiger partial charge on any atom is -0.493 e. The second-order valence-corrected chi connectivity index (χ2v) is 5.81. The fourth-order valence-corrected chi connectivity index (χ4v) is 2.91. The topological polar surface area (TPSA) is 18.5 Å². The van der Waals surface area contributed by atoms with Crippen molar-refractivity contribution in [2.45, 2.75) is 45.1 Å². The Hall–Kier alpha value is -1.96. The highest BCUT2D eigenvalue weighted by atomic mass is 16.5. The summed E-state index contributed by atoms with van der Waals surface area (Å²) in [6.45, 7) is 2.86. The van der Waals surface area contributed by atoms with Gasteiger partial charge in [0, 0.05) is 11.6 Å². The molecule has 1 radical (unpaired) electrons. The highest BCUT2D eigenvalue weighted by Crippen LogP contribution is 2.33. The van der Waals surface area contributed by atoms with Gasteiger partial charge >= 0.3 is 0 Å². The monoisotopic (exact) mass is 295 g/mol. The van der Waals surface area contributed by atoms with Gasteiger partial charge in [-0.3, -0.25) is 0 Å². The fraction of sp³-hybridized carbons (Fsp3) is 0.400. The lowest BCUT2D eigenvalue weighted by Crippen LogP contribution is -2.10. The second kappa shape index (κ2) is 7.35. The molecular formula is C20H23O2. The van der Waals surface area contributed by atoms with Gasteiger partial charge in [0.2, 0.25) is 0 Å². The van der Waals surface area contributed by atoms with Gasteiger partial charge in [0.25, 0.3) is 0 Å². The lowest BCUT2D eigenvalue weighted by Gasteiger charge is -2.15. The van der Waals surface area contributed by atoms with Gasteiger partial charge in [0.05, 0.1) is 12.7 Å². The standard InChI is InChI=1S/C20H23O2/c1-2-14-21-20-13-6-5-12-19(20)16-8-7-11-18(15-16)22-17-9-3-4-10-17/h5-8,12-13,15,17H,2-4,9-10,14H2,1H3. The maximum Gasteiger partial charge on any atom is 0.128 e. The molecular weight excluding hydrogens is 272 g/mol. The molecule has 0 spiro atoms. The summed E-state index contributed by atoms with van der Waals surface area (Å²) in [6.07, 6.45) is 6.24. The first-order valence-corrected chi connectivity index (χ1v) is 8.27. The summed E-state index contributed by atoms with van der Waals surface area (Å²) in [5, 5.41) is 0. The molecule has 0 N–H and O–H groups in total. The molecule has 1 aliphatic carbocycles. The Balaban J connectivity index is 1.82. The van der Waals surface area contributed by atoms with Crippen LogP contribution in [-0.2, 0) is 0 Å². The molecule has 0 unspecified atom stereocenters. The number of hydrogen-bond acceptors (Lipinski definition) is 2. The van der Waals surface area contributed by atoms with Crippen LogP contribution in [0.25, 0.3) is 11.1 Å². The summed E-state index contributed by atoms with van der Waals surface area (Å²) in [7, 11) is 0. The third kappa shape index (κ3) is 3.62. The van der Waals surface area contributed by atoms with Gasteiger partial charge in [-0.1, -0.05) is 31.2 Å². The van der Waals surface area contributed by atoms with Gasteiger partial charge in [-0.15, -0.1) is 0 Å². The van der Waals surface area contributed by atoms with Crippen molar-refractivity contribution >= 4 is 0 Å². The van der Waals surface area contributed by atoms with Crippen molar-refractivity contribution in [3.05, 3.63) is 48.5 Å². The molecule has 2 aromatic carbocycles. The molecule has 0 aliphatic heterocycles. The van der Waals surface area contributed by atoms with E-state index in [4.69, 9.17) is 9.47 Å². The average molecular weight is 295 g/mol. The van der Waals surface area contributed by atoms with Gasteiger partial charge in [-0.05, 0) is 55.9 Å². The van der Waals surface area contributed by atoms with Gasteiger partial charge in [-0.25, -0.2) is 0 Å². The molecule has 2 nitrogen and oxygen atoms in total. The zero-order valence-corrected chi connectivity index (χ0v) is 13.2. The van der Waals surface area contributed by atoms with E-state index in [1.165, 1.54) is 12.8 Å². The van der Waals surface area contributed by atoms with Crippen molar-refractivity contribution in [3.8, 4) is 22.6 Å². The minimum absolute atomic E-state index is 0.359. The summed E-state index contributed by atoms with van der Waals surface area (Å²) in [6, 6.07) is 17.5. The summed E-state index contributed by atoms with van der Waals surface area (Å²) in [5.74, 6) is 1.78. The van der Waals surface area contributed by atoms with Crippen LogP contribution in [0.5, 0.6) is 11.5 Å². The van der Waals surface area contributed by atoms with Crippen LogP contribution in [0.1, 0.15) is 39.0 Å². The Morgan fingerprint density at radius 1 is 1.14 bits per heavy atom. The fourth-order valence-electron chi connectivity index (χ4n) is 2.91. The van der Waals surface area contributed by atoms with Gasteiger partial charge < -0.3 is 9.47 Å². The Labute approximate surface area is 133 Å². The molecule has 0 heterocycles. The van der Waals surface area contributed by atoms with Gasteiger partial charge in [-0.2, -0.15) is 0 Å². The van der Waals surface area contributed by atoms with E-state index in [9.17, 15) is 0 Å². The van der Waals surface area contributed by atoms with Crippen molar-refractivity contribution in [3.63, 3.8) is 0 Å². The smallest absolute Gasteiger partial charge is 0.128 e. The highest BCUT2D eigenvalue weighted by Gasteiger charge is 2.17. The molecule has 0 atom stereocenters. The first kappa shape index (κ1) is 15.0. The number of ether oxygens (including phenoxy) is 2. The maximum absolute atomic E-state index is 6.06. The molecule has 0 amide bonds. The van der Waals surface area contributed by atoms with E-state index in [0.717, 1.165) is 48.5 Å². The van der Waals surface area contributed by atoms with Crippen molar-refractivity contribution in [1.82, 2.24) is 0 Å². The molecule has 0 saturated heterocycles. The molecule has 0 bridgehead atoms. The van der Waals surface area contributed by atoms with Gasteiger partial charge in [0.15, 0.2) is 0 Å². The third-order valence-corrected chi connectivity index (χ3v) is 4.03. The van der Waals surface area contributed by atoms with E-state index in [-0.39, 0.29) is 0 Å². The zero-order chi connectivity index (χ0) is 15.2. The van der Waals surface area contributed by atoms with Crippen LogP contribution in [0.4, 0.5) is 0 Å². The molecule has 3 rings (SSSR count). The Kier molecular flexibility index (Phi) is 4.99. The Bertz CT molecular complexity index is 600. The molecule has 115 valence electrons. The minimum atomic E-state index is 0.359. The van der Waals surface area contributed by atoms with Crippen LogP contribution in [0, 0.1) is 6.07 Å². The third-order valence-electron chi connectivity index (χ3n) is 4.03. The lowest BCUT2D eigenvalue weighted by atomic mass is 10.0. The number of para-hydroxylation sites is 1. The zero-order valence-electron chi connectivity index (χ0n) is 13.2. The highest BCUT2D eigenvalue weighted by molar-refractivity contribution is 5.71. The Morgan fingerprint density at radius 2 is 1.95 bits per heavy atom. The van der Waals surface area contributed by atoms with Crippen LogP contribution in [0.2, 0.25) is 0 Å². The predicted molar refractivity (Wildman–Crippen MR) is 89.4 cm³/mol. The van der Waals surface area contributed by atoms with E-state index < -0.39 is 0 Å². The number of hydrogen-bond donors (Lipinski definition) is 0. The normalized spacial score (nSPS) is 15.0. The number of rotatable bonds is 6. The molecule has 0 aromatic heterocycles. The van der Waals surface area contributed by atoms with Crippen LogP contribution in [0.15, 0.2) is 42.5 Å². The van der Waals surface area contributed by atoms with Crippen molar-refractivity contribution < 1.29 is 9.47 Å². The molecule has 1 fully saturated rings. The molecule has 2 aromatic rings. The summed E-state index contributed by atoms with van der Waals surface area (Å²) < 4.78 is 11.9. The van der Waals surface area contributed by atoms with Crippen LogP contribution in [0.3, 0.4) is 0 Å². The maximum atomic E-state index is 6.06. The van der Waals surface area contributed by atoms with E-state index >= 15 is 0 Å². The SMILES string of the molecule is CCCOc1ccccc1-c1cc[c]c(OC2CCCC2)c1. The lowest BCUT2D eigenvalue weighted by molar-refractivity contribution is 0.209. The molecule has 22 heavy (non-hydrogen) atoms. The van der Waals surface area contributed by atoms with Crippen LogP contribution in [-0.4, -0.2) is 12.7 Å². The van der Waals surface area contributed by atoms with E-state index in [1.54, 1.807) is 0 Å². The summed E-state index contributed by atoms with van der Waals surface area (Å²) in [4.78, 5) is 0.